The zero-order chi connectivity index (χ0) is 8.43. The van der Waals surface area contributed by atoms with Gasteiger partial charge in [-0.05, 0) is 34.7 Å². The SMILES string of the molecule is O=C(O)c1ccc(Cl)nc1I. The van der Waals surface area contributed by atoms with Crippen LogP contribution in [0.3, 0.4) is 0 Å². The summed E-state index contributed by atoms with van der Waals surface area (Å²) in [6.07, 6.45) is 0. The van der Waals surface area contributed by atoms with Crippen molar-refractivity contribution in [2.24, 2.45) is 0 Å². The summed E-state index contributed by atoms with van der Waals surface area (Å²) >= 11 is 7.34. The fourth-order valence-electron chi connectivity index (χ4n) is 0.572. The molecule has 0 aliphatic carbocycles. The molecular weight excluding hydrogens is 280 g/mol. The topological polar surface area (TPSA) is 50.2 Å². The molecule has 1 N–H and O–H groups in total. The second kappa shape index (κ2) is 3.36. The highest BCUT2D eigenvalue weighted by Gasteiger charge is 2.08. The van der Waals surface area contributed by atoms with E-state index < -0.39 is 5.97 Å². The number of hydrogen-bond acceptors (Lipinski definition) is 2. The summed E-state index contributed by atoms with van der Waals surface area (Å²) in [5.41, 5.74) is 0.176. The lowest BCUT2D eigenvalue weighted by Crippen LogP contribution is -2.00. The molecule has 1 aromatic heterocycles. The van der Waals surface area contributed by atoms with Gasteiger partial charge in [-0.2, -0.15) is 0 Å². The molecule has 5 heteroatoms. The van der Waals surface area contributed by atoms with Crippen molar-refractivity contribution in [3.63, 3.8) is 0 Å². The number of aromatic carboxylic acids is 1. The largest absolute Gasteiger partial charge is 0.478 e. The summed E-state index contributed by atoms with van der Waals surface area (Å²) in [5.74, 6) is -0.987. The first-order valence-corrected chi connectivity index (χ1v) is 4.12. The fraction of sp³-hybridized carbons (Fsp3) is 0. The molecule has 0 unspecified atom stereocenters. The molecule has 3 nitrogen and oxygen atoms in total. The molecule has 58 valence electrons. The second-order valence-corrected chi connectivity index (χ2v) is 3.19. The monoisotopic (exact) mass is 283 g/mol. The van der Waals surface area contributed by atoms with Crippen molar-refractivity contribution in [1.82, 2.24) is 4.98 Å². The minimum absolute atomic E-state index is 0.176. The first-order chi connectivity index (χ1) is 5.11. The maximum atomic E-state index is 10.4. The van der Waals surface area contributed by atoms with E-state index in [0.29, 0.717) is 8.85 Å². The standard InChI is InChI=1S/C6H3ClINO2/c7-4-2-1-3(6(10)11)5(8)9-4/h1-2H,(H,10,11). The third-order valence-corrected chi connectivity index (χ3v) is 2.08. The van der Waals surface area contributed by atoms with Crippen molar-refractivity contribution in [2.75, 3.05) is 0 Å². The van der Waals surface area contributed by atoms with Crippen LogP contribution >= 0.6 is 34.2 Å². The first kappa shape index (κ1) is 8.73. The number of carbonyl (C=O) groups is 1. The van der Waals surface area contributed by atoms with Gasteiger partial charge in [0.2, 0.25) is 0 Å². The molecule has 0 aliphatic heterocycles. The molecule has 0 saturated heterocycles. The van der Waals surface area contributed by atoms with E-state index >= 15 is 0 Å². The third kappa shape index (κ3) is 2.03. The Morgan fingerprint density at radius 1 is 1.64 bits per heavy atom. The van der Waals surface area contributed by atoms with E-state index in [1.54, 1.807) is 0 Å². The summed E-state index contributed by atoms with van der Waals surface area (Å²) in [7, 11) is 0. The van der Waals surface area contributed by atoms with Crippen molar-refractivity contribution in [1.29, 1.82) is 0 Å². The second-order valence-electron chi connectivity index (χ2n) is 1.78. The Morgan fingerprint density at radius 3 is 2.73 bits per heavy atom. The van der Waals surface area contributed by atoms with Crippen LogP contribution in [0.25, 0.3) is 0 Å². The van der Waals surface area contributed by atoms with Gasteiger partial charge in [0.05, 0.1) is 5.56 Å². The third-order valence-electron chi connectivity index (χ3n) is 1.05. The van der Waals surface area contributed by atoms with Crippen molar-refractivity contribution in [3.8, 4) is 0 Å². The molecule has 0 radical (unpaired) electrons. The van der Waals surface area contributed by atoms with Gasteiger partial charge >= 0.3 is 5.97 Å². The zero-order valence-electron chi connectivity index (χ0n) is 5.21. The van der Waals surface area contributed by atoms with Crippen LogP contribution in [0.2, 0.25) is 5.15 Å². The summed E-state index contributed by atoms with van der Waals surface area (Å²) in [6.45, 7) is 0. The summed E-state index contributed by atoms with van der Waals surface area (Å²) in [6, 6.07) is 2.88. The fourth-order valence-corrected chi connectivity index (χ4v) is 1.53. The highest BCUT2D eigenvalue weighted by molar-refractivity contribution is 14.1. The highest BCUT2D eigenvalue weighted by Crippen LogP contribution is 2.13. The quantitative estimate of drug-likeness (QED) is 0.634. The Balaban J connectivity index is 3.20. The van der Waals surface area contributed by atoms with E-state index in [4.69, 9.17) is 16.7 Å². The van der Waals surface area contributed by atoms with Crippen LogP contribution in [0.1, 0.15) is 10.4 Å². The number of pyridine rings is 1. The van der Waals surface area contributed by atoms with E-state index in [9.17, 15) is 4.79 Å². The zero-order valence-corrected chi connectivity index (χ0v) is 8.13. The first-order valence-electron chi connectivity index (χ1n) is 2.66. The Kier molecular flexibility index (Phi) is 2.67. The minimum atomic E-state index is -0.987. The van der Waals surface area contributed by atoms with E-state index in [0.717, 1.165) is 0 Å². The van der Waals surface area contributed by atoms with E-state index in [-0.39, 0.29) is 5.56 Å². The van der Waals surface area contributed by atoms with E-state index in [2.05, 4.69) is 4.98 Å². The minimum Gasteiger partial charge on any atom is -0.478 e. The van der Waals surface area contributed by atoms with Crippen LogP contribution in [0.15, 0.2) is 12.1 Å². The maximum absolute atomic E-state index is 10.4. The van der Waals surface area contributed by atoms with Crippen molar-refractivity contribution >= 4 is 40.2 Å². The van der Waals surface area contributed by atoms with Gasteiger partial charge in [-0.15, -0.1) is 0 Å². The molecule has 0 fully saturated rings. The smallest absolute Gasteiger partial charge is 0.338 e. The molecule has 1 rings (SSSR count). The van der Waals surface area contributed by atoms with Crippen LogP contribution in [-0.2, 0) is 0 Å². The summed E-state index contributed by atoms with van der Waals surface area (Å²) in [5, 5.41) is 8.87. The summed E-state index contributed by atoms with van der Waals surface area (Å²) in [4.78, 5) is 14.2. The normalized spacial score (nSPS) is 9.64. The number of carboxylic acids is 1. The Morgan fingerprint density at radius 2 is 2.27 bits per heavy atom. The molecule has 0 atom stereocenters. The van der Waals surface area contributed by atoms with Gasteiger partial charge in [0.1, 0.15) is 8.85 Å². The molecule has 0 aromatic carbocycles. The van der Waals surface area contributed by atoms with Crippen LogP contribution in [0.4, 0.5) is 0 Å². The van der Waals surface area contributed by atoms with Gasteiger partial charge in [0.15, 0.2) is 0 Å². The molecule has 0 spiro atoms. The molecular formula is C6H3ClINO2. The number of nitrogens with zero attached hydrogens (tertiary/aromatic N) is 1. The van der Waals surface area contributed by atoms with Crippen molar-refractivity contribution in [2.45, 2.75) is 0 Å². The van der Waals surface area contributed by atoms with Crippen LogP contribution < -0.4 is 0 Å². The molecule has 0 amide bonds. The van der Waals surface area contributed by atoms with E-state index in [1.807, 2.05) is 22.6 Å². The van der Waals surface area contributed by atoms with Crippen LogP contribution in [-0.4, -0.2) is 16.1 Å². The molecule has 0 saturated carbocycles. The van der Waals surface area contributed by atoms with Gasteiger partial charge < -0.3 is 5.11 Å². The number of hydrogen-bond donors (Lipinski definition) is 1. The van der Waals surface area contributed by atoms with Crippen LogP contribution in [0, 0.1) is 3.70 Å². The predicted molar refractivity (Wildman–Crippen MR) is 48.9 cm³/mol. The van der Waals surface area contributed by atoms with Crippen molar-refractivity contribution in [3.05, 3.63) is 26.5 Å². The number of carboxylic acid groups (broad SMARTS) is 1. The Hall–Kier alpha value is -0.360. The lowest BCUT2D eigenvalue weighted by Gasteiger charge is -1.96. The Labute approximate surface area is 81.5 Å². The Bertz CT molecular complexity index is 303. The molecule has 1 heterocycles. The van der Waals surface area contributed by atoms with Gasteiger partial charge in [0, 0.05) is 0 Å². The van der Waals surface area contributed by atoms with E-state index in [1.165, 1.54) is 12.1 Å². The maximum Gasteiger partial charge on any atom is 0.338 e. The lowest BCUT2D eigenvalue weighted by molar-refractivity contribution is 0.0695. The molecule has 11 heavy (non-hydrogen) atoms. The molecule has 0 bridgehead atoms. The number of rotatable bonds is 1. The molecule has 0 aliphatic rings. The van der Waals surface area contributed by atoms with Gasteiger partial charge in [-0.1, -0.05) is 11.6 Å². The average molecular weight is 283 g/mol. The van der Waals surface area contributed by atoms with Gasteiger partial charge in [-0.25, -0.2) is 9.78 Å². The highest BCUT2D eigenvalue weighted by atomic mass is 127. The summed E-state index contributed by atoms with van der Waals surface area (Å²) < 4.78 is 0.405. The predicted octanol–water partition coefficient (Wildman–Crippen LogP) is 2.04. The molecule has 1 aromatic rings. The lowest BCUT2D eigenvalue weighted by atomic mass is 10.3. The number of halogens is 2. The van der Waals surface area contributed by atoms with Crippen LogP contribution in [0.5, 0.6) is 0 Å². The van der Waals surface area contributed by atoms with Gasteiger partial charge in [0.25, 0.3) is 0 Å². The average Bonchev–Trinajstić information content (AvgIpc) is 1.85. The van der Waals surface area contributed by atoms with Crippen molar-refractivity contribution < 1.29 is 9.90 Å². The van der Waals surface area contributed by atoms with Gasteiger partial charge in [-0.3, -0.25) is 0 Å². The number of aromatic nitrogens is 1.